The molecule has 0 aromatic heterocycles. The van der Waals surface area contributed by atoms with E-state index in [1.165, 1.54) is 4.90 Å². The number of nitrogens with zero attached hydrogens (tertiary/aromatic N) is 1. The van der Waals surface area contributed by atoms with E-state index in [4.69, 9.17) is 5.11 Å². The summed E-state index contributed by atoms with van der Waals surface area (Å²) in [6.45, 7) is 0.579. The van der Waals surface area contributed by atoms with E-state index >= 15 is 0 Å². The third-order valence-electron chi connectivity index (χ3n) is 2.59. The van der Waals surface area contributed by atoms with Gasteiger partial charge in [0.1, 0.15) is 0 Å². The van der Waals surface area contributed by atoms with E-state index in [1.807, 2.05) is 0 Å². The first-order chi connectivity index (χ1) is 6.16. The highest BCUT2D eigenvalue weighted by atomic mass is 16.3. The van der Waals surface area contributed by atoms with Crippen molar-refractivity contribution in [2.45, 2.75) is 18.9 Å². The van der Waals surface area contributed by atoms with Crippen LogP contribution >= 0.6 is 0 Å². The van der Waals surface area contributed by atoms with Crippen LogP contribution in [0.15, 0.2) is 0 Å². The first kappa shape index (κ1) is 8.50. The number of imide groups is 1. The number of rotatable bonds is 2. The van der Waals surface area contributed by atoms with Crippen molar-refractivity contribution >= 4 is 11.9 Å². The average Bonchev–Trinajstić information content (AvgIpc) is 2.32. The average molecular weight is 184 g/mol. The molecule has 0 radical (unpaired) electrons. The molecule has 1 heterocycles. The van der Waals surface area contributed by atoms with Crippen LogP contribution in [-0.4, -0.2) is 41.1 Å². The van der Waals surface area contributed by atoms with Gasteiger partial charge in [0.2, 0.25) is 5.91 Å². The van der Waals surface area contributed by atoms with Gasteiger partial charge in [-0.25, -0.2) is 4.79 Å². The largest absolute Gasteiger partial charge is 0.393 e. The van der Waals surface area contributed by atoms with Crippen LogP contribution in [0.2, 0.25) is 0 Å². The maximum atomic E-state index is 11.1. The standard InChI is InChI=1S/C8H12N2O3/c11-6-1-5(2-6)4-10-7(12)3-9-8(10)13/h5-6,11H,1-4H2,(H,9,13). The zero-order chi connectivity index (χ0) is 9.42. The highest BCUT2D eigenvalue weighted by Crippen LogP contribution is 2.28. The Labute approximate surface area is 75.7 Å². The van der Waals surface area contributed by atoms with E-state index in [9.17, 15) is 9.59 Å². The molecule has 2 rings (SSSR count). The van der Waals surface area contributed by atoms with Crippen molar-refractivity contribution in [3.8, 4) is 0 Å². The summed E-state index contributed by atoms with van der Waals surface area (Å²) in [5, 5.41) is 11.5. The van der Waals surface area contributed by atoms with Crippen molar-refractivity contribution in [3.05, 3.63) is 0 Å². The second-order valence-electron chi connectivity index (χ2n) is 3.65. The summed E-state index contributed by atoms with van der Waals surface area (Å²) in [6.07, 6.45) is 1.18. The minimum Gasteiger partial charge on any atom is -0.393 e. The Bertz CT molecular complexity index is 232. The molecule has 1 saturated heterocycles. The van der Waals surface area contributed by atoms with Crippen LogP contribution < -0.4 is 5.32 Å². The lowest BCUT2D eigenvalue weighted by molar-refractivity contribution is -0.126. The number of amides is 3. The molecule has 5 heteroatoms. The van der Waals surface area contributed by atoms with Crippen molar-refractivity contribution < 1.29 is 14.7 Å². The van der Waals surface area contributed by atoms with Gasteiger partial charge in [0.15, 0.2) is 0 Å². The van der Waals surface area contributed by atoms with Gasteiger partial charge in [-0.15, -0.1) is 0 Å². The summed E-state index contributed by atoms with van der Waals surface area (Å²) in [5.74, 6) is 0.134. The molecule has 72 valence electrons. The summed E-state index contributed by atoms with van der Waals surface area (Å²) >= 11 is 0. The van der Waals surface area contributed by atoms with Gasteiger partial charge in [-0.05, 0) is 18.8 Å². The Morgan fingerprint density at radius 1 is 1.46 bits per heavy atom. The van der Waals surface area contributed by atoms with E-state index in [1.54, 1.807) is 0 Å². The predicted molar refractivity (Wildman–Crippen MR) is 43.8 cm³/mol. The molecule has 2 fully saturated rings. The van der Waals surface area contributed by atoms with Gasteiger partial charge in [-0.2, -0.15) is 0 Å². The van der Waals surface area contributed by atoms with Crippen LogP contribution in [-0.2, 0) is 4.79 Å². The lowest BCUT2D eigenvalue weighted by atomic mass is 9.82. The second-order valence-corrected chi connectivity index (χ2v) is 3.65. The third-order valence-corrected chi connectivity index (χ3v) is 2.59. The molecule has 0 spiro atoms. The fourth-order valence-electron chi connectivity index (χ4n) is 1.75. The topological polar surface area (TPSA) is 69.6 Å². The Balaban J connectivity index is 1.87. The number of nitrogens with one attached hydrogen (secondary N) is 1. The van der Waals surface area contributed by atoms with Crippen molar-refractivity contribution in [2.75, 3.05) is 13.1 Å². The van der Waals surface area contributed by atoms with Gasteiger partial charge in [0, 0.05) is 6.54 Å². The van der Waals surface area contributed by atoms with E-state index in [2.05, 4.69) is 5.32 Å². The Kier molecular flexibility index (Phi) is 1.95. The number of urea groups is 1. The molecule has 13 heavy (non-hydrogen) atoms. The number of hydrogen-bond acceptors (Lipinski definition) is 3. The van der Waals surface area contributed by atoms with E-state index in [0.717, 1.165) is 0 Å². The van der Waals surface area contributed by atoms with Crippen molar-refractivity contribution in [3.63, 3.8) is 0 Å². The van der Waals surface area contributed by atoms with Crippen molar-refractivity contribution in [2.24, 2.45) is 5.92 Å². The smallest absolute Gasteiger partial charge is 0.324 e. The number of carbonyl (C=O) groups excluding carboxylic acids is 2. The van der Waals surface area contributed by atoms with E-state index in [-0.39, 0.29) is 24.6 Å². The number of carbonyl (C=O) groups is 2. The van der Waals surface area contributed by atoms with E-state index in [0.29, 0.717) is 25.3 Å². The number of aliphatic hydroxyl groups is 1. The molecule has 1 aliphatic carbocycles. The summed E-state index contributed by atoms with van der Waals surface area (Å²) < 4.78 is 0. The zero-order valence-electron chi connectivity index (χ0n) is 7.19. The monoisotopic (exact) mass is 184 g/mol. The fraction of sp³-hybridized carbons (Fsp3) is 0.750. The summed E-state index contributed by atoms with van der Waals surface area (Å²) in [7, 11) is 0. The third kappa shape index (κ3) is 1.51. The van der Waals surface area contributed by atoms with Gasteiger partial charge in [-0.3, -0.25) is 9.69 Å². The molecule has 2 aliphatic rings. The molecule has 5 nitrogen and oxygen atoms in total. The lowest BCUT2D eigenvalue weighted by Gasteiger charge is -2.33. The molecule has 0 aromatic carbocycles. The number of hydrogen-bond donors (Lipinski definition) is 2. The normalized spacial score (nSPS) is 33.2. The van der Waals surface area contributed by atoms with Crippen LogP contribution in [0.1, 0.15) is 12.8 Å². The molecule has 0 unspecified atom stereocenters. The molecular formula is C8H12N2O3. The Hall–Kier alpha value is -1.10. The molecule has 2 N–H and O–H groups in total. The second kappa shape index (κ2) is 2.99. The minimum absolute atomic E-state index is 0.119. The first-order valence-electron chi connectivity index (χ1n) is 4.43. The highest BCUT2D eigenvalue weighted by molar-refractivity contribution is 6.01. The van der Waals surface area contributed by atoms with Crippen LogP contribution in [0, 0.1) is 5.92 Å². The van der Waals surface area contributed by atoms with Gasteiger partial charge in [-0.1, -0.05) is 0 Å². The molecule has 3 amide bonds. The van der Waals surface area contributed by atoms with Crippen LogP contribution in [0.3, 0.4) is 0 Å². The highest BCUT2D eigenvalue weighted by Gasteiger charge is 2.35. The van der Waals surface area contributed by atoms with Gasteiger partial charge in [0.25, 0.3) is 0 Å². The van der Waals surface area contributed by atoms with Crippen LogP contribution in [0.5, 0.6) is 0 Å². The minimum atomic E-state index is -0.300. The van der Waals surface area contributed by atoms with E-state index < -0.39 is 0 Å². The Morgan fingerprint density at radius 2 is 2.15 bits per heavy atom. The summed E-state index contributed by atoms with van der Waals surface area (Å²) in [5.41, 5.74) is 0. The maximum Gasteiger partial charge on any atom is 0.324 e. The van der Waals surface area contributed by atoms with Gasteiger partial charge in [0.05, 0.1) is 12.6 Å². The van der Waals surface area contributed by atoms with Crippen LogP contribution in [0.4, 0.5) is 4.79 Å². The maximum absolute atomic E-state index is 11.1. The molecule has 0 atom stereocenters. The molecule has 0 aromatic rings. The van der Waals surface area contributed by atoms with Crippen LogP contribution in [0.25, 0.3) is 0 Å². The zero-order valence-corrected chi connectivity index (χ0v) is 7.19. The lowest BCUT2D eigenvalue weighted by Crippen LogP contribution is -2.41. The molecule has 0 bridgehead atoms. The summed E-state index contributed by atoms with van der Waals surface area (Å²) in [4.78, 5) is 23.4. The van der Waals surface area contributed by atoms with Crippen molar-refractivity contribution in [1.29, 1.82) is 0 Å². The summed E-state index contributed by atoms with van der Waals surface area (Å²) in [6, 6.07) is -0.300. The first-order valence-corrected chi connectivity index (χ1v) is 4.43. The molecule has 1 aliphatic heterocycles. The number of aliphatic hydroxyl groups excluding tert-OH is 1. The van der Waals surface area contributed by atoms with Crippen molar-refractivity contribution in [1.82, 2.24) is 10.2 Å². The fourth-order valence-corrected chi connectivity index (χ4v) is 1.75. The quantitative estimate of drug-likeness (QED) is 0.558. The SMILES string of the molecule is O=C1CNC(=O)N1CC1CC(O)C1. The molecular weight excluding hydrogens is 172 g/mol. The predicted octanol–water partition coefficient (Wildman–Crippen LogP) is -0.691. The molecule has 1 saturated carbocycles. The van der Waals surface area contributed by atoms with Gasteiger partial charge < -0.3 is 10.4 Å². The van der Waals surface area contributed by atoms with Gasteiger partial charge >= 0.3 is 6.03 Å². The Morgan fingerprint density at radius 3 is 2.62 bits per heavy atom.